The summed E-state index contributed by atoms with van der Waals surface area (Å²) in [5, 5.41) is 3.48. The number of hydrogen-bond donors (Lipinski definition) is 1. The van der Waals surface area contributed by atoms with Crippen LogP contribution in [0.4, 0.5) is 5.69 Å². The van der Waals surface area contributed by atoms with Gasteiger partial charge in [0.25, 0.3) is 0 Å². The van der Waals surface area contributed by atoms with E-state index in [0.29, 0.717) is 13.2 Å². The lowest BCUT2D eigenvalue weighted by Gasteiger charge is -2.17. The Morgan fingerprint density at radius 2 is 1.72 bits per heavy atom. The van der Waals surface area contributed by atoms with Crippen molar-refractivity contribution in [3.05, 3.63) is 101 Å². The molecule has 3 nitrogen and oxygen atoms in total. The minimum atomic E-state index is 0.502. The van der Waals surface area contributed by atoms with Gasteiger partial charge in [-0.2, -0.15) is 0 Å². The average Bonchev–Trinajstić information content (AvgIpc) is 2.72. The fourth-order valence-electron chi connectivity index (χ4n) is 3.25. The summed E-state index contributed by atoms with van der Waals surface area (Å²) in [6.45, 7) is 9.29. The number of benzene rings is 3. The van der Waals surface area contributed by atoms with Crippen LogP contribution in [0.3, 0.4) is 0 Å². The lowest BCUT2D eigenvalue weighted by Crippen LogP contribution is -2.05. The molecule has 0 aliphatic carbocycles. The van der Waals surface area contributed by atoms with E-state index in [9.17, 15) is 0 Å². The first kappa shape index (κ1) is 20.5. The first-order chi connectivity index (χ1) is 14.1. The van der Waals surface area contributed by atoms with Gasteiger partial charge in [0.05, 0.1) is 7.11 Å². The molecule has 0 radical (unpaired) electrons. The molecule has 0 spiro atoms. The molecule has 3 aromatic carbocycles. The number of aryl methyl sites for hydroxylation is 2. The largest absolute Gasteiger partial charge is 0.493 e. The highest BCUT2D eigenvalue weighted by molar-refractivity contribution is 5.52. The summed E-state index contributed by atoms with van der Waals surface area (Å²) in [6, 6.07) is 21.0. The molecule has 0 aromatic heterocycles. The van der Waals surface area contributed by atoms with Gasteiger partial charge in [-0.05, 0) is 61.2 Å². The highest BCUT2D eigenvalue weighted by atomic mass is 16.5. The Hall–Kier alpha value is -3.20. The monoisotopic (exact) mass is 387 g/mol. The van der Waals surface area contributed by atoms with Crippen molar-refractivity contribution in [1.82, 2.24) is 0 Å². The summed E-state index contributed by atoms with van der Waals surface area (Å²) in [5.74, 6) is 1.53. The molecule has 0 fully saturated rings. The quantitative estimate of drug-likeness (QED) is 0.441. The number of ether oxygens (including phenoxy) is 2. The van der Waals surface area contributed by atoms with E-state index in [1.165, 1.54) is 11.1 Å². The van der Waals surface area contributed by atoms with Crippen LogP contribution in [0.15, 0.2) is 73.3 Å². The molecule has 0 bridgehead atoms. The highest BCUT2D eigenvalue weighted by Gasteiger charge is 2.13. The van der Waals surface area contributed by atoms with Gasteiger partial charge >= 0.3 is 0 Å². The maximum Gasteiger partial charge on any atom is 0.165 e. The lowest BCUT2D eigenvalue weighted by molar-refractivity contribution is 0.281. The van der Waals surface area contributed by atoms with Crippen molar-refractivity contribution < 1.29 is 9.47 Å². The van der Waals surface area contributed by atoms with Crippen LogP contribution in [-0.4, -0.2) is 7.11 Å². The van der Waals surface area contributed by atoms with Gasteiger partial charge in [-0.25, -0.2) is 0 Å². The Morgan fingerprint density at radius 1 is 0.931 bits per heavy atom. The number of allylic oxidation sites excluding steroid dienone is 1. The zero-order chi connectivity index (χ0) is 20.6. The van der Waals surface area contributed by atoms with Crippen molar-refractivity contribution in [2.24, 2.45) is 0 Å². The molecule has 3 heteroatoms. The van der Waals surface area contributed by atoms with Gasteiger partial charge in [-0.1, -0.05) is 48.0 Å². The van der Waals surface area contributed by atoms with E-state index in [4.69, 9.17) is 9.47 Å². The predicted octanol–water partition coefficient (Wildman–Crippen LogP) is 6.23. The minimum absolute atomic E-state index is 0.502. The number of anilines is 1. The Morgan fingerprint density at radius 3 is 2.41 bits per heavy atom. The Kier molecular flexibility index (Phi) is 6.96. The summed E-state index contributed by atoms with van der Waals surface area (Å²) >= 11 is 0. The van der Waals surface area contributed by atoms with E-state index < -0.39 is 0 Å². The molecule has 0 unspecified atom stereocenters. The van der Waals surface area contributed by atoms with E-state index in [1.807, 2.05) is 12.1 Å². The summed E-state index contributed by atoms with van der Waals surface area (Å²) in [5.41, 5.74) is 6.93. The van der Waals surface area contributed by atoms with Crippen LogP contribution in [0.25, 0.3) is 0 Å². The van der Waals surface area contributed by atoms with Crippen LogP contribution >= 0.6 is 0 Å². The van der Waals surface area contributed by atoms with E-state index in [0.717, 1.165) is 40.3 Å². The Bertz CT molecular complexity index is 961. The predicted molar refractivity (Wildman–Crippen MR) is 121 cm³/mol. The summed E-state index contributed by atoms with van der Waals surface area (Å²) < 4.78 is 11.8. The van der Waals surface area contributed by atoms with E-state index in [2.05, 4.69) is 80.3 Å². The standard InChI is InChI=1S/C26H29NO2/c1-5-7-23-15-22(17-27-24-9-6-8-20(3)14-24)16-25(28-4)26(23)29-18-21-12-10-19(2)11-13-21/h5-6,8-16,27H,1,7,17-18H2,2-4H3. The second-order valence-corrected chi connectivity index (χ2v) is 7.28. The Labute approximate surface area is 174 Å². The first-order valence-corrected chi connectivity index (χ1v) is 9.88. The van der Waals surface area contributed by atoms with Crippen molar-refractivity contribution in [3.8, 4) is 11.5 Å². The van der Waals surface area contributed by atoms with Gasteiger partial charge in [0.1, 0.15) is 6.61 Å². The van der Waals surface area contributed by atoms with Crippen molar-refractivity contribution in [1.29, 1.82) is 0 Å². The SMILES string of the molecule is C=CCc1cc(CNc2cccc(C)c2)cc(OC)c1OCc1ccc(C)cc1. The zero-order valence-electron chi connectivity index (χ0n) is 17.5. The zero-order valence-corrected chi connectivity index (χ0v) is 17.5. The van der Waals surface area contributed by atoms with Crippen molar-refractivity contribution >= 4 is 5.69 Å². The number of hydrogen-bond acceptors (Lipinski definition) is 3. The molecular formula is C26H29NO2. The van der Waals surface area contributed by atoms with Gasteiger partial charge < -0.3 is 14.8 Å². The number of methoxy groups -OCH3 is 1. The molecule has 0 atom stereocenters. The smallest absolute Gasteiger partial charge is 0.165 e. The second kappa shape index (κ2) is 9.83. The topological polar surface area (TPSA) is 30.5 Å². The molecule has 0 heterocycles. The van der Waals surface area contributed by atoms with Gasteiger partial charge in [0.15, 0.2) is 11.5 Å². The maximum absolute atomic E-state index is 6.18. The molecule has 0 amide bonds. The molecular weight excluding hydrogens is 358 g/mol. The van der Waals surface area contributed by atoms with Gasteiger partial charge in [-0.15, -0.1) is 6.58 Å². The van der Waals surface area contributed by atoms with Crippen LogP contribution in [0.5, 0.6) is 11.5 Å². The maximum atomic E-state index is 6.18. The molecule has 29 heavy (non-hydrogen) atoms. The molecule has 3 rings (SSSR count). The van der Waals surface area contributed by atoms with E-state index in [1.54, 1.807) is 7.11 Å². The molecule has 0 saturated heterocycles. The van der Waals surface area contributed by atoms with Crippen LogP contribution < -0.4 is 14.8 Å². The Balaban J connectivity index is 1.80. The van der Waals surface area contributed by atoms with Crippen molar-refractivity contribution in [2.45, 2.75) is 33.4 Å². The van der Waals surface area contributed by atoms with Crippen LogP contribution in [0, 0.1) is 13.8 Å². The van der Waals surface area contributed by atoms with Gasteiger partial charge in [0, 0.05) is 17.8 Å². The van der Waals surface area contributed by atoms with Gasteiger partial charge in [-0.3, -0.25) is 0 Å². The fourth-order valence-corrected chi connectivity index (χ4v) is 3.25. The van der Waals surface area contributed by atoms with Crippen LogP contribution in [0.2, 0.25) is 0 Å². The second-order valence-electron chi connectivity index (χ2n) is 7.28. The summed E-state index contributed by atoms with van der Waals surface area (Å²) in [7, 11) is 1.68. The third-order valence-corrected chi connectivity index (χ3v) is 4.79. The number of rotatable bonds is 9. The van der Waals surface area contributed by atoms with Crippen LogP contribution in [0.1, 0.15) is 27.8 Å². The fraction of sp³-hybridized carbons (Fsp3) is 0.231. The van der Waals surface area contributed by atoms with Crippen molar-refractivity contribution in [3.63, 3.8) is 0 Å². The van der Waals surface area contributed by atoms with Crippen LogP contribution in [-0.2, 0) is 19.6 Å². The van der Waals surface area contributed by atoms with Gasteiger partial charge in [0.2, 0.25) is 0 Å². The van der Waals surface area contributed by atoms with E-state index >= 15 is 0 Å². The van der Waals surface area contributed by atoms with E-state index in [-0.39, 0.29) is 0 Å². The molecule has 3 aromatic rings. The molecule has 0 saturated carbocycles. The molecule has 0 aliphatic heterocycles. The number of nitrogens with one attached hydrogen (secondary N) is 1. The summed E-state index contributed by atoms with van der Waals surface area (Å²) in [6.07, 6.45) is 2.61. The molecule has 1 N–H and O–H groups in total. The third kappa shape index (κ3) is 5.64. The highest BCUT2D eigenvalue weighted by Crippen LogP contribution is 2.34. The summed E-state index contributed by atoms with van der Waals surface area (Å²) in [4.78, 5) is 0. The normalized spacial score (nSPS) is 10.4. The molecule has 0 aliphatic rings. The minimum Gasteiger partial charge on any atom is -0.493 e. The average molecular weight is 388 g/mol. The lowest BCUT2D eigenvalue weighted by atomic mass is 10.0. The van der Waals surface area contributed by atoms with Crippen molar-refractivity contribution in [2.75, 3.05) is 12.4 Å². The molecule has 150 valence electrons. The third-order valence-electron chi connectivity index (χ3n) is 4.79. The first-order valence-electron chi connectivity index (χ1n) is 9.88.